The lowest BCUT2D eigenvalue weighted by Gasteiger charge is -2.15. The lowest BCUT2D eigenvalue weighted by molar-refractivity contribution is 1.58. The summed E-state index contributed by atoms with van der Waals surface area (Å²) in [6.07, 6.45) is 0. The molecule has 6 heteroatoms. The fraction of sp³-hybridized carbons (Fsp3) is 0. The molecule has 0 nitrogen and oxygen atoms in total. The van der Waals surface area contributed by atoms with Crippen LogP contribution in [0.3, 0.4) is 0 Å². The maximum atomic E-state index is 5.03. The molecule has 0 aliphatic heterocycles. The van der Waals surface area contributed by atoms with Crippen LogP contribution in [-0.4, -0.2) is 32.2 Å². The Labute approximate surface area is 138 Å². The zero-order valence-electron chi connectivity index (χ0n) is 8.91. The molecule has 0 saturated carbocycles. The van der Waals surface area contributed by atoms with Crippen molar-refractivity contribution in [2.45, 2.75) is 0 Å². The van der Waals surface area contributed by atoms with Crippen molar-refractivity contribution in [3.63, 3.8) is 0 Å². The molecule has 1 aromatic carbocycles. The Morgan fingerprint density at radius 2 is 0.444 bits per heavy atom. The Bertz CT molecular complexity index is 419. The SMILES string of the molecule is S=Cc1c(C=S)c(C=S)c(C=S)c(C=S)c1C=S. The molecule has 1 rings (SSSR count). The second-order valence-electron chi connectivity index (χ2n) is 3.19. The normalized spacial score (nSPS) is 9.33. The topological polar surface area (TPSA) is 0 Å². The van der Waals surface area contributed by atoms with Gasteiger partial charge in [0.25, 0.3) is 0 Å². The maximum Gasteiger partial charge on any atom is 0.00992 e. The third kappa shape index (κ3) is 2.68. The third-order valence-electron chi connectivity index (χ3n) is 2.45. The molecule has 0 fully saturated rings. The first-order valence-corrected chi connectivity index (χ1v) is 7.47. The van der Waals surface area contributed by atoms with Crippen molar-refractivity contribution in [2.24, 2.45) is 0 Å². The molecular formula is C12H6S6. The molecule has 0 atom stereocenters. The highest BCUT2D eigenvalue weighted by atomic mass is 32.1. The van der Waals surface area contributed by atoms with Crippen LogP contribution in [0.25, 0.3) is 0 Å². The van der Waals surface area contributed by atoms with E-state index in [-0.39, 0.29) is 0 Å². The maximum absolute atomic E-state index is 5.03. The number of hydrogen-bond acceptors (Lipinski definition) is 6. The Balaban J connectivity index is 4.07. The number of thiocarbonyl (C=S) groups is 6. The van der Waals surface area contributed by atoms with Crippen molar-refractivity contribution in [1.82, 2.24) is 0 Å². The van der Waals surface area contributed by atoms with Crippen molar-refractivity contribution in [2.75, 3.05) is 0 Å². The monoisotopic (exact) mass is 342 g/mol. The number of hydrogen-bond donors (Lipinski definition) is 0. The largest absolute Gasteiger partial charge is 0.0880 e. The number of rotatable bonds is 6. The van der Waals surface area contributed by atoms with Gasteiger partial charge < -0.3 is 0 Å². The smallest absolute Gasteiger partial charge is 0.00992 e. The molecule has 0 saturated heterocycles. The summed E-state index contributed by atoms with van der Waals surface area (Å²) < 4.78 is 0. The summed E-state index contributed by atoms with van der Waals surface area (Å²) in [6.45, 7) is 0. The average Bonchev–Trinajstić information content (AvgIpc) is 2.43. The molecule has 0 amide bonds. The molecule has 1 aromatic rings. The minimum Gasteiger partial charge on any atom is -0.0880 e. The lowest BCUT2D eigenvalue weighted by atomic mass is 9.90. The Kier molecular flexibility index (Phi) is 6.48. The summed E-state index contributed by atoms with van der Waals surface area (Å²) in [5, 5.41) is 9.21. The van der Waals surface area contributed by atoms with Crippen LogP contribution in [0.15, 0.2) is 0 Å². The van der Waals surface area contributed by atoms with Gasteiger partial charge in [0, 0.05) is 65.6 Å². The minimum absolute atomic E-state index is 0.766. The van der Waals surface area contributed by atoms with Crippen molar-refractivity contribution in [3.8, 4) is 0 Å². The second kappa shape index (κ2) is 7.37. The Morgan fingerprint density at radius 1 is 0.333 bits per heavy atom. The van der Waals surface area contributed by atoms with Crippen LogP contribution in [0.5, 0.6) is 0 Å². The van der Waals surface area contributed by atoms with E-state index in [1.54, 1.807) is 0 Å². The Hall–Kier alpha value is -0.240. The molecule has 18 heavy (non-hydrogen) atoms. The summed E-state index contributed by atoms with van der Waals surface area (Å²) in [6, 6.07) is 0. The van der Waals surface area contributed by atoms with Crippen molar-refractivity contribution in [3.05, 3.63) is 33.4 Å². The number of benzene rings is 1. The van der Waals surface area contributed by atoms with Gasteiger partial charge in [-0.05, 0) is 0 Å². The van der Waals surface area contributed by atoms with E-state index < -0.39 is 0 Å². The van der Waals surface area contributed by atoms with Crippen LogP contribution >= 0.6 is 73.3 Å². The van der Waals surface area contributed by atoms with Gasteiger partial charge in [-0.25, -0.2) is 0 Å². The molecule has 0 bridgehead atoms. The van der Waals surface area contributed by atoms with Crippen LogP contribution in [0.2, 0.25) is 0 Å². The van der Waals surface area contributed by atoms with Gasteiger partial charge in [-0.15, -0.1) is 0 Å². The summed E-state index contributed by atoms with van der Waals surface area (Å²) in [5.41, 5.74) is 4.60. The second-order valence-corrected chi connectivity index (χ2v) is 4.60. The molecule has 0 spiro atoms. The lowest BCUT2D eigenvalue weighted by Crippen LogP contribution is -2.10. The molecule has 90 valence electrons. The van der Waals surface area contributed by atoms with Gasteiger partial charge in [0.05, 0.1) is 0 Å². The molecular weight excluding hydrogens is 337 g/mol. The van der Waals surface area contributed by atoms with Crippen LogP contribution in [-0.2, 0) is 0 Å². The predicted octanol–water partition coefficient (Wildman–Crippen LogP) is 3.77. The molecule has 0 aliphatic rings. The van der Waals surface area contributed by atoms with E-state index >= 15 is 0 Å². The molecule has 0 aromatic heterocycles. The average molecular weight is 343 g/mol. The van der Waals surface area contributed by atoms with Crippen molar-refractivity contribution in [1.29, 1.82) is 0 Å². The highest BCUT2D eigenvalue weighted by Crippen LogP contribution is 2.24. The van der Waals surface area contributed by atoms with Gasteiger partial charge in [0.1, 0.15) is 0 Å². The third-order valence-corrected chi connectivity index (χ3v) is 3.86. The van der Waals surface area contributed by atoms with E-state index in [0.29, 0.717) is 0 Å². The van der Waals surface area contributed by atoms with E-state index in [4.69, 9.17) is 73.3 Å². The highest BCUT2D eigenvalue weighted by Gasteiger charge is 2.17. The molecule has 0 heterocycles. The quantitative estimate of drug-likeness (QED) is 0.717. The van der Waals surface area contributed by atoms with Gasteiger partial charge in [-0.1, -0.05) is 73.3 Å². The van der Waals surface area contributed by atoms with Crippen LogP contribution in [0.4, 0.5) is 0 Å². The van der Waals surface area contributed by atoms with Crippen LogP contribution < -0.4 is 0 Å². The molecule has 0 unspecified atom stereocenters. The van der Waals surface area contributed by atoms with Crippen LogP contribution in [0, 0.1) is 0 Å². The summed E-state index contributed by atoms with van der Waals surface area (Å²) >= 11 is 30.2. The molecule has 0 radical (unpaired) electrons. The summed E-state index contributed by atoms with van der Waals surface area (Å²) in [5.74, 6) is 0. The zero-order chi connectivity index (χ0) is 13.7. The fourth-order valence-electron chi connectivity index (χ4n) is 1.63. The summed E-state index contributed by atoms with van der Waals surface area (Å²) in [4.78, 5) is 0. The van der Waals surface area contributed by atoms with Crippen molar-refractivity contribution < 1.29 is 0 Å². The van der Waals surface area contributed by atoms with Gasteiger partial charge in [-0.2, -0.15) is 0 Å². The molecule has 0 N–H and O–H groups in total. The highest BCUT2D eigenvalue weighted by molar-refractivity contribution is 7.81. The predicted molar refractivity (Wildman–Crippen MR) is 103 cm³/mol. The first-order chi connectivity index (χ1) is 8.69. The van der Waals surface area contributed by atoms with E-state index in [2.05, 4.69) is 0 Å². The van der Waals surface area contributed by atoms with E-state index in [9.17, 15) is 0 Å². The first-order valence-electron chi connectivity index (χ1n) is 4.65. The van der Waals surface area contributed by atoms with Crippen LogP contribution in [0.1, 0.15) is 33.4 Å². The fourth-order valence-corrected chi connectivity index (χ4v) is 3.16. The van der Waals surface area contributed by atoms with E-state index in [1.807, 2.05) is 0 Å². The molecule has 0 aliphatic carbocycles. The van der Waals surface area contributed by atoms with Gasteiger partial charge in [0.2, 0.25) is 0 Å². The van der Waals surface area contributed by atoms with E-state index in [1.165, 1.54) is 32.2 Å². The minimum atomic E-state index is 0.766. The standard InChI is InChI=1S/C12H6S6/c13-1-7-8(2-14)10(4-16)12(6-18)11(5-17)9(7)3-15/h1-6H. The zero-order valence-corrected chi connectivity index (χ0v) is 13.8. The van der Waals surface area contributed by atoms with Gasteiger partial charge in [-0.3, -0.25) is 0 Å². The van der Waals surface area contributed by atoms with Gasteiger partial charge >= 0.3 is 0 Å². The van der Waals surface area contributed by atoms with Gasteiger partial charge in [0.15, 0.2) is 0 Å². The van der Waals surface area contributed by atoms with Crippen molar-refractivity contribution >= 4 is 106 Å². The Morgan fingerprint density at radius 3 is 0.500 bits per heavy atom. The first kappa shape index (κ1) is 15.8. The van der Waals surface area contributed by atoms with E-state index in [0.717, 1.165) is 33.4 Å². The summed E-state index contributed by atoms with van der Waals surface area (Å²) in [7, 11) is 0.